The summed E-state index contributed by atoms with van der Waals surface area (Å²) in [6.45, 7) is 5.19. The molecule has 1 unspecified atom stereocenters. The van der Waals surface area contributed by atoms with E-state index in [2.05, 4.69) is 6.58 Å². The lowest BCUT2D eigenvalue weighted by Crippen LogP contribution is -2.53. The maximum Gasteiger partial charge on any atom is 0.312 e. The van der Waals surface area contributed by atoms with E-state index < -0.39 is 41.2 Å². The Morgan fingerprint density at radius 3 is 2.40 bits per heavy atom. The first-order chi connectivity index (χ1) is 11.8. The van der Waals surface area contributed by atoms with Crippen LogP contribution in [0.2, 0.25) is 0 Å². The smallest absolute Gasteiger partial charge is 0.312 e. The van der Waals surface area contributed by atoms with E-state index in [1.165, 1.54) is 0 Å². The second-order valence-corrected chi connectivity index (χ2v) is 6.47. The fourth-order valence-corrected chi connectivity index (χ4v) is 3.53. The summed E-state index contributed by atoms with van der Waals surface area (Å²) in [4.78, 5) is 35.6. The van der Waals surface area contributed by atoms with Gasteiger partial charge in [0.25, 0.3) is 0 Å². The van der Waals surface area contributed by atoms with Gasteiger partial charge in [0.1, 0.15) is 5.75 Å². The van der Waals surface area contributed by atoms with E-state index in [1.807, 2.05) is 13.0 Å². The summed E-state index contributed by atoms with van der Waals surface area (Å²) in [5.74, 6) is -4.45. The minimum absolute atomic E-state index is 0.266. The van der Waals surface area contributed by atoms with E-state index in [0.29, 0.717) is 12.8 Å². The third kappa shape index (κ3) is 3.90. The Labute approximate surface area is 146 Å². The molecular formula is C19H20O6-2. The van der Waals surface area contributed by atoms with Crippen molar-refractivity contribution in [1.29, 1.82) is 0 Å². The fourth-order valence-electron chi connectivity index (χ4n) is 3.53. The zero-order valence-corrected chi connectivity index (χ0v) is 14.1. The van der Waals surface area contributed by atoms with Gasteiger partial charge >= 0.3 is 5.97 Å². The molecule has 1 aliphatic carbocycles. The molecule has 134 valence electrons. The lowest BCUT2D eigenvalue weighted by atomic mass is 9.67. The van der Waals surface area contributed by atoms with Crippen molar-refractivity contribution in [3.05, 3.63) is 42.0 Å². The summed E-state index contributed by atoms with van der Waals surface area (Å²) in [7, 11) is 0. The van der Waals surface area contributed by atoms with Crippen molar-refractivity contribution in [1.82, 2.24) is 0 Å². The molecule has 0 spiro atoms. The van der Waals surface area contributed by atoms with Crippen molar-refractivity contribution in [3.8, 4) is 5.75 Å². The van der Waals surface area contributed by atoms with Crippen LogP contribution >= 0.6 is 0 Å². The molecule has 6 nitrogen and oxygen atoms in total. The Hall–Kier alpha value is -2.63. The number of rotatable bonds is 7. The van der Waals surface area contributed by atoms with E-state index in [0.717, 1.165) is 18.4 Å². The quantitative estimate of drug-likeness (QED) is 0.405. The van der Waals surface area contributed by atoms with Crippen molar-refractivity contribution in [2.75, 3.05) is 0 Å². The highest BCUT2D eigenvalue weighted by molar-refractivity contribution is 5.97. The maximum atomic E-state index is 12.4. The highest BCUT2D eigenvalue weighted by Gasteiger charge is 2.46. The molecule has 0 saturated heterocycles. The van der Waals surface area contributed by atoms with Crippen LogP contribution < -0.4 is 14.9 Å². The molecule has 25 heavy (non-hydrogen) atoms. The molecule has 1 aromatic carbocycles. The minimum Gasteiger partial charge on any atom is -0.549 e. The Balaban J connectivity index is 2.31. The second-order valence-electron chi connectivity index (χ2n) is 6.47. The number of aryl methyl sites for hydroxylation is 1. The molecule has 2 rings (SSSR count). The first-order valence-electron chi connectivity index (χ1n) is 8.17. The number of carbonyl (C=O) groups excluding carboxylic acids is 3. The lowest BCUT2D eigenvalue weighted by molar-refractivity contribution is -0.324. The van der Waals surface area contributed by atoms with Crippen molar-refractivity contribution >= 4 is 17.9 Å². The van der Waals surface area contributed by atoms with Crippen molar-refractivity contribution in [2.24, 2.45) is 11.3 Å². The highest BCUT2D eigenvalue weighted by Crippen LogP contribution is 2.46. The van der Waals surface area contributed by atoms with Crippen LogP contribution in [0.25, 0.3) is 0 Å². The summed E-state index contributed by atoms with van der Waals surface area (Å²) < 4.78 is 5.21. The third-order valence-corrected chi connectivity index (χ3v) is 4.85. The van der Waals surface area contributed by atoms with Gasteiger partial charge in [-0.15, -0.1) is 0 Å². The Morgan fingerprint density at radius 1 is 1.24 bits per heavy atom. The van der Waals surface area contributed by atoms with Gasteiger partial charge in [-0.05, 0) is 49.0 Å². The highest BCUT2D eigenvalue weighted by atomic mass is 16.5. The molecule has 1 aliphatic rings. The van der Waals surface area contributed by atoms with Crippen LogP contribution in [0.1, 0.15) is 37.7 Å². The van der Waals surface area contributed by atoms with Crippen LogP contribution in [-0.2, 0) is 14.4 Å². The molecule has 0 aromatic heterocycles. The topological polar surface area (TPSA) is 107 Å². The summed E-state index contributed by atoms with van der Waals surface area (Å²) in [6, 6.07) is 6.71. The fraction of sp³-hybridized carbons (Fsp3) is 0.421. The van der Waals surface area contributed by atoms with Crippen molar-refractivity contribution in [3.63, 3.8) is 0 Å². The zero-order valence-electron chi connectivity index (χ0n) is 14.1. The predicted molar refractivity (Wildman–Crippen MR) is 85.0 cm³/mol. The van der Waals surface area contributed by atoms with Crippen LogP contribution in [0.15, 0.2) is 36.4 Å². The molecule has 6 heteroatoms. The molecule has 1 atom stereocenters. The number of hydrogen-bond acceptors (Lipinski definition) is 6. The molecule has 1 fully saturated rings. The number of esters is 1. The molecule has 0 amide bonds. The number of benzene rings is 1. The van der Waals surface area contributed by atoms with Gasteiger partial charge in [0.05, 0.1) is 18.4 Å². The van der Waals surface area contributed by atoms with E-state index in [-0.39, 0.29) is 5.75 Å². The average molecular weight is 344 g/mol. The number of hydrogen-bond donors (Lipinski definition) is 0. The van der Waals surface area contributed by atoms with Crippen LogP contribution in [0.3, 0.4) is 0 Å². The molecule has 0 radical (unpaired) electrons. The van der Waals surface area contributed by atoms with Crippen LogP contribution in [-0.4, -0.2) is 17.9 Å². The average Bonchev–Trinajstić information content (AvgIpc) is 3.06. The number of carboxylic acid groups (broad SMARTS) is 2. The van der Waals surface area contributed by atoms with E-state index in [9.17, 15) is 24.6 Å². The Kier molecular flexibility index (Phi) is 5.62. The first kappa shape index (κ1) is 18.7. The normalized spacial score (nSPS) is 16.8. The van der Waals surface area contributed by atoms with Crippen molar-refractivity contribution in [2.45, 2.75) is 39.0 Å². The summed E-state index contributed by atoms with van der Waals surface area (Å²) >= 11 is 0. The second kappa shape index (κ2) is 7.51. The molecule has 1 saturated carbocycles. The Bertz CT molecular complexity index is 702. The van der Waals surface area contributed by atoms with Gasteiger partial charge in [-0.25, -0.2) is 0 Å². The molecule has 1 aromatic rings. The minimum atomic E-state index is -2.02. The first-order valence-corrected chi connectivity index (χ1v) is 8.17. The Morgan fingerprint density at radius 2 is 1.88 bits per heavy atom. The molecule has 0 aliphatic heterocycles. The summed E-state index contributed by atoms with van der Waals surface area (Å²) in [5, 5.41) is 23.3. The largest absolute Gasteiger partial charge is 0.549 e. The van der Waals surface area contributed by atoms with Gasteiger partial charge in [-0.3, -0.25) is 4.79 Å². The number of ether oxygens (including phenoxy) is 1. The maximum absolute atomic E-state index is 12.4. The lowest BCUT2D eigenvalue weighted by Gasteiger charge is -2.41. The van der Waals surface area contributed by atoms with Gasteiger partial charge in [0.2, 0.25) is 0 Å². The SMILES string of the molecule is C=C(C(=O)[O-])C(CC(=O)Oc1cccc(C)c1)(C(=O)[O-])C1CCCC1. The molecule has 0 bridgehead atoms. The summed E-state index contributed by atoms with van der Waals surface area (Å²) in [6.07, 6.45) is 1.83. The molecule has 0 N–H and O–H groups in total. The van der Waals surface area contributed by atoms with Crippen LogP contribution in [0.4, 0.5) is 0 Å². The van der Waals surface area contributed by atoms with Crippen molar-refractivity contribution < 1.29 is 29.3 Å². The van der Waals surface area contributed by atoms with Crippen LogP contribution in [0.5, 0.6) is 5.75 Å². The van der Waals surface area contributed by atoms with E-state index in [4.69, 9.17) is 4.74 Å². The van der Waals surface area contributed by atoms with Gasteiger partial charge in [0, 0.05) is 5.41 Å². The van der Waals surface area contributed by atoms with E-state index in [1.54, 1.807) is 18.2 Å². The number of carbonyl (C=O) groups is 3. The number of carboxylic acids is 2. The van der Waals surface area contributed by atoms with Gasteiger partial charge in [-0.1, -0.05) is 31.6 Å². The molecule has 0 heterocycles. The standard InChI is InChI=1S/C19H22O6/c1-12-6-5-9-15(10-12)25-16(20)11-19(18(23)24,13(2)17(21)22)14-7-3-4-8-14/h5-6,9-10,14H,2-4,7-8,11H2,1H3,(H,21,22)(H,23,24)/p-2. The molecular weight excluding hydrogens is 324 g/mol. The van der Waals surface area contributed by atoms with E-state index >= 15 is 0 Å². The monoisotopic (exact) mass is 344 g/mol. The number of aliphatic carboxylic acids is 2. The predicted octanol–water partition coefficient (Wildman–Crippen LogP) is 0.523. The van der Waals surface area contributed by atoms with Gasteiger partial charge in [-0.2, -0.15) is 0 Å². The van der Waals surface area contributed by atoms with Gasteiger partial charge < -0.3 is 24.5 Å². The summed E-state index contributed by atoms with van der Waals surface area (Å²) in [5.41, 5.74) is -1.79. The zero-order chi connectivity index (χ0) is 18.6. The third-order valence-electron chi connectivity index (χ3n) is 4.85. The van der Waals surface area contributed by atoms with Crippen LogP contribution in [0, 0.1) is 18.3 Å². The van der Waals surface area contributed by atoms with Gasteiger partial charge in [0.15, 0.2) is 0 Å².